The number of rotatable bonds is 6. The van der Waals surface area contributed by atoms with Crippen LogP contribution in [0, 0.1) is 0 Å². The maximum Gasteiger partial charge on any atom is 0.0940 e. The summed E-state index contributed by atoms with van der Waals surface area (Å²) >= 11 is 0. The fourth-order valence-corrected chi connectivity index (χ4v) is 1.64. The van der Waals surface area contributed by atoms with Crippen molar-refractivity contribution in [2.75, 3.05) is 25.5 Å². The highest BCUT2D eigenvalue weighted by Gasteiger charge is 2.15. The number of benzene rings is 1. The largest absolute Gasteiger partial charge is 0.387 e. The summed E-state index contributed by atoms with van der Waals surface area (Å²) in [6.45, 7) is 6.31. The molecule has 0 saturated heterocycles. The summed E-state index contributed by atoms with van der Waals surface area (Å²) in [5.74, 6) is 0. The molecule has 1 aromatic rings. The molecule has 0 radical (unpaired) electrons. The van der Waals surface area contributed by atoms with Crippen molar-refractivity contribution in [1.29, 1.82) is 0 Å². The van der Waals surface area contributed by atoms with Gasteiger partial charge in [0.15, 0.2) is 0 Å². The van der Waals surface area contributed by atoms with E-state index in [1.54, 1.807) is 6.08 Å². The smallest absolute Gasteiger partial charge is 0.0940 e. The van der Waals surface area contributed by atoms with Gasteiger partial charge in [-0.25, -0.2) is 0 Å². The summed E-state index contributed by atoms with van der Waals surface area (Å²) < 4.78 is 0. The summed E-state index contributed by atoms with van der Waals surface area (Å²) in [5.41, 5.74) is 2.06. The molecule has 0 fully saturated rings. The van der Waals surface area contributed by atoms with Gasteiger partial charge < -0.3 is 15.3 Å². The van der Waals surface area contributed by atoms with Crippen molar-refractivity contribution in [2.45, 2.75) is 19.1 Å². The fourth-order valence-electron chi connectivity index (χ4n) is 1.64. The highest BCUT2D eigenvalue weighted by Crippen LogP contribution is 2.20. The van der Waals surface area contributed by atoms with E-state index in [0.29, 0.717) is 6.54 Å². The van der Waals surface area contributed by atoms with E-state index in [1.807, 2.05) is 50.2 Å². The van der Waals surface area contributed by atoms with Crippen LogP contribution in [0.4, 0.5) is 5.69 Å². The van der Waals surface area contributed by atoms with Crippen LogP contribution < -0.4 is 10.2 Å². The first kappa shape index (κ1) is 13.7. The van der Waals surface area contributed by atoms with E-state index in [0.717, 1.165) is 11.3 Å². The fraction of sp³-hybridized carbons (Fsp3) is 0.429. The zero-order valence-electron chi connectivity index (χ0n) is 10.9. The van der Waals surface area contributed by atoms with Crippen LogP contribution in [0.1, 0.15) is 18.6 Å². The Morgan fingerprint density at radius 2 is 1.94 bits per heavy atom. The van der Waals surface area contributed by atoms with Gasteiger partial charge in [-0.3, -0.25) is 0 Å². The first-order chi connectivity index (χ1) is 8.06. The molecule has 3 heteroatoms. The Morgan fingerprint density at radius 1 is 1.35 bits per heavy atom. The third-order valence-corrected chi connectivity index (χ3v) is 2.81. The summed E-state index contributed by atoms with van der Waals surface area (Å²) in [7, 11) is 4.00. The molecule has 94 valence electrons. The molecule has 1 rings (SSSR count). The van der Waals surface area contributed by atoms with Gasteiger partial charge in [-0.15, -0.1) is 6.58 Å². The molecule has 2 unspecified atom stereocenters. The van der Waals surface area contributed by atoms with E-state index in [2.05, 4.69) is 11.9 Å². The van der Waals surface area contributed by atoms with Gasteiger partial charge in [0.05, 0.1) is 6.10 Å². The van der Waals surface area contributed by atoms with Crippen LogP contribution in [0.15, 0.2) is 36.9 Å². The monoisotopic (exact) mass is 234 g/mol. The van der Waals surface area contributed by atoms with Gasteiger partial charge in [0.25, 0.3) is 0 Å². The summed E-state index contributed by atoms with van der Waals surface area (Å²) in [4.78, 5) is 2.04. The molecule has 3 nitrogen and oxygen atoms in total. The van der Waals surface area contributed by atoms with Crippen LogP contribution in [0.5, 0.6) is 0 Å². The molecule has 0 saturated carbocycles. The van der Waals surface area contributed by atoms with E-state index in [9.17, 15) is 5.11 Å². The Balaban J connectivity index is 2.68. The average molecular weight is 234 g/mol. The van der Waals surface area contributed by atoms with Crippen molar-refractivity contribution >= 4 is 5.69 Å². The van der Waals surface area contributed by atoms with Crippen LogP contribution >= 0.6 is 0 Å². The van der Waals surface area contributed by atoms with Crippen LogP contribution in [-0.2, 0) is 0 Å². The molecule has 0 spiro atoms. The predicted octanol–water partition coefficient (Wildman–Crippen LogP) is 1.95. The molecule has 0 aromatic heterocycles. The molecule has 1 aromatic carbocycles. The molecule has 2 N–H and O–H groups in total. The highest BCUT2D eigenvalue weighted by atomic mass is 16.3. The Kier molecular flexibility index (Phi) is 5.19. The molecule has 0 aliphatic heterocycles. The highest BCUT2D eigenvalue weighted by molar-refractivity contribution is 5.46. The maximum atomic E-state index is 10.1. The van der Waals surface area contributed by atoms with Crippen LogP contribution in [0.25, 0.3) is 0 Å². The molecule has 0 aliphatic rings. The van der Waals surface area contributed by atoms with Crippen molar-refractivity contribution < 1.29 is 5.11 Å². The molecular formula is C14H22N2O. The first-order valence-electron chi connectivity index (χ1n) is 5.86. The van der Waals surface area contributed by atoms with Crippen LogP contribution in [0.2, 0.25) is 0 Å². The summed E-state index contributed by atoms with van der Waals surface area (Å²) in [5, 5.41) is 13.3. The molecule has 0 bridgehead atoms. The van der Waals surface area contributed by atoms with Gasteiger partial charge in [-0.2, -0.15) is 0 Å². The van der Waals surface area contributed by atoms with Gasteiger partial charge in [0.2, 0.25) is 0 Å². The average Bonchev–Trinajstić information content (AvgIpc) is 2.35. The van der Waals surface area contributed by atoms with Crippen LogP contribution in [0.3, 0.4) is 0 Å². The van der Waals surface area contributed by atoms with Gasteiger partial charge in [0.1, 0.15) is 0 Å². The van der Waals surface area contributed by atoms with Gasteiger partial charge in [0, 0.05) is 32.4 Å². The second kappa shape index (κ2) is 6.42. The Hall–Kier alpha value is -1.32. The van der Waals surface area contributed by atoms with Crippen molar-refractivity contribution in [3.63, 3.8) is 0 Å². The van der Waals surface area contributed by atoms with E-state index in [1.165, 1.54) is 0 Å². The Bertz CT molecular complexity index is 346. The molecule has 0 heterocycles. The van der Waals surface area contributed by atoms with Crippen molar-refractivity contribution in [3.8, 4) is 0 Å². The summed E-state index contributed by atoms with van der Waals surface area (Å²) in [6.07, 6.45) is 1.30. The number of anilines is 1. The zero-order valence-corrected chi connectivity index (χ0v) is 10.9. The second-order valence-electron chi connectivity index (χ2n) is 4.42. The quantitative estimate of drug-likeness (QED) is 0.739. The normalized spacial score (nSPS) is 14.1. The first-order valence-corrected chi connectivity index (χ1v) is 5.86. The minimum absolute atomic E-state index is 0.0122. The number of aliphatic hydroxyl groups excluding tert-OH is 1. The minimum atomic E-state index is -0.494. The molecule has 0 aliphatic carbocycles. The van der Waals surface area contributed by atoms with Gasteiger partial charge in [-0.1, -0.05) is 18.2 Å². The number of aliphatic hydroxyl groups is 1. The van der Waals surface area contributed by atoms with Crippen molar-refractivity contribution in [1.82, 2.24) is 5.32 Å². The van der Waals surface area contributed by atoms with E-state index < -0.39 is 6.10 Å². The second-order valence-corrected chi connectivity index (χ2v) is 4.42. The topological polar surface area (TPSA) is 35.5 Å². The lowest BCUT2D eigenvalue weighted by Gasteiger charge is -2.21. The van der Waals surface area contributed by atoms with E-state index in [-0.39, 0.29) is 6.04 Å². The lowest BCUT2D eigenvalue weighted by Crippen LogP contribution is -2.32. The maximum absolute atomic E-state index is 10.1. The lowest BCUT2D eigenvalue weighted by atomic mass is 10.0. The number of hydrogen-bond donors (Lipinski definition) is 2. The van der Waals surface area contributed by atoms with Crippen LogP contribution in [-0.4, -0.2) is 31.8 Å². The SMILES string of the molecule is C=CCNC(C)C(O)c1ccc(N(C)C)cc1. The molecule has 0 amide bonds. The molecule has 2 atom stereocenters. The van der Waals surface area contributed by atoms with Crippen molar-refractivity contribution in [2.24, 2.45) is 0 Å². The Labute approximate surface area is 104 Å². The van der Waals surface area contributed by atoms with Gasteiger partial charge in [-0.05, 0) is 24.6 Å². The van der Waals surface area contributed by atoms with E-state index >= 15 is 0 Å². The third-order valence-electron chi connectivity index (χ3n) is 2.81. The lowest BCUT2D eigenvalue weighted by molar-refractivity contribution is 0.138. The number of nitrogens with zero attached hydrogens (tertiary/aromatic N) is 1. The number of nitrogens with one attached hydrogen (secondary N) is 1. The van der Waals surface area contributed by atoms with Gasteiger partial charge >= 0.3 is 0 Å². The minimum Gasteiger partial charge on any atom is -0.387 e. The molecule has 17 heavy (non-hydrogen) atoms. The zero-order chi connectivity index (χ0) is 12.8. The summed E-state index contributed by atoms with van der Waals surface area (Å²) in [6, 6.07) is 7.97. The third kappa shape index (κ3) is 3.88. The standard InChI is InChI=1S/C14H22N2O/c1-5-10-15-11(2)14(17)12-6-8-13(9-7-12)16(3)4/h5-9,11,14-15,17H,1,10H2,2-4H3. The predicted molar refractivity (Wildman–Crippen MR) is 73.4 cm³/mol. The Morgan fingerprint density at radius 3 is 2.41 bits per heavy atom. The van der Waals surface area contributed by atoms with Crippen molar-refractivity contribution in [3.05, 3.63) is 42.5 Å². The molecular weight excluding hydrogens is 212 g/mol. The number of hydrogen-bond acceptors (Lipinski definition) is 3. The van der Waals surface area contributed by atoms with E-state index in [4.69, 9.17) is 0 Å².